The van der Waals surface area contributed by atoms with E-state index in [2.05, 4.69) is 20.4 Å². The molecule has 0 spiro atoms. The zero-order valence-electron chi connectivity index (χ0n) is 15.5. The lowest BCUT2D eigenvalue weighted by Gasteiger charge is -2.24. The van der Waals surface area contributed by atoms with Gasteiger partial charge in [0.05, 0.1) is 12.2 Å². The lowest BCUT2D eigenvalue weighted by atomic mass is 9.85. The van der Waals surface area contributed by atoms with Gasteiger partial charge in [-0.25, -0.2) is 4.99 Å². The number of guanidine groups is 1. The number of carbonyl (C=O) groups excluding carboxylic acids is 1. The van der Waals surface area contributed by atoms with Crippen LogP contribution in [0.1, 0.15) is 24.8 Å². The van der Waals surface area contributed by atoms with Crippen LogP contribution < -0.4 is 21.1 Å². The average Bonchev–Trinajstić information content (AvgIpc) is 2.59. The van der Waals surface area contributed by atoms with E-state index in [4.69, 9.17) is 5.73 Å². The highest BCUT2D eigenvalue weighted by atomic mass is 19.4. The Morgan fingerprint density at radius 1 is 1.14 bits per heavy atom. The molecule has 1 aliphatic rings. The number of alkyl halides is 3. The summed E-state index contributed by atoms with van der Waals surface area (Å²) < 4.78 is 41.4. The lowest BCUT2D eigenvalue weighted by molar-refractivity contribution is -0.274. The molecule has 0 unspecified atom stereocenters. The zero-order valence-corrected chi connectivity index (χ0v) is 15.5. The first-order valence-electron chi connectivity index (χ1n) is 9.12. The molecule has 4 N–H and O–H groups in total. The first-order chi connectivity index (χ1) is 13.8. The van der Waals surface area contributed by atoms with E-state index < -0.39 is 12.1 Å². The molecular formula is C20H21F3N4O2. The second-order valence-electron chi connectivity index (χ2n) is 6.69. The lowest BCUT2D eigenvalue weighted by Crippen LogP contribution is -2.28. The third-order valence-corrected chi connectivity index (χ3v) is 4.48. The Kier molecular flexibility index (Phi) is 6.26. The Balaban J connectivity index is 1.61. The van der Waals surface area contributed by atoms with E-state index >= 15 is 0 Å². The summed E-state index contributed by atoms with van der Waals surface area (Å²) in [5.74, 6) is -0.374. The van der Waals surface area contributed by atoms with E-state index in [9.17, 15) is 18.0 Å². The molecule has 0 aliphatic heterocycles. The predicted octanol–water partition coefficient (Wildman–Crippen LogP) is 4.25. The fourth-order valence-corrected chi connectivity index (χ4v) is 2.80. The maximum absolute atomic E-state index is 12.5. The van der Waals surface area contributed by atoms with Gasteiger partial charge in [-0.2, -0.15) is 0 Å². The number of aliphatic imine (C=N–C) groups is 1. The van der Waals surface area contributed by atoms with Crippen LogP contribution >= 0.6 is 0 Å². The molecule has 29 heavy (non-hydrogen) atoms. The number of hydrogen-bond donors (Lipinski definition) is 3. The van der Waals surface area contributed by atoms with E-state index in [-0.39, 0.29) is 30.0 Å². The van der Waals surface area contributed by atoms with Crippen molar-refractivity contribution in [3.8, 4) is 5.75 Å². The first kappa shape index (κ1) is 20.5. The van der Waals surface area contributed by atoms with Crippen LogP contribution in [0.5, 0.6) is 5.75 Å². The highest BCUT2D eigenvalue weighted by Crippen LogP contribution is 2.30. The van der Waals surface area contributed by atoms with Crippen molar-refractivity contribution in [2.24, 2.45) is 16.6 Å². The van der Waals surface area contributed by atoms with Gasteiger partial charge in [0.2, 0.25) is 5.91 Å². The van der Waals surface area contributed by atoms with Crippen LogP contribution in [-0.2, 0) is 11.3 Å². The molecule has 3 rings (SSSR count). The molecule has 0 atom stereocenters. The summed E-state index contributed by atoms with van der Waals surface area (Å²) in [6, 6.07) is 12.7. The van der Waals surface area contributed by atoms with E-state index in [1.807, 2.05) is 6.07 Å². The number of benzene rings is 2. The Morgan fingerprint density at radius 2 is 1.90 bits per heavy atom. The quantitative estimate of drug-likeness (QED) is 0.494. The number of para-hydroxylation sites is 2. The molecule has 0 aromatic heterocycles. The Morgan fingerprint density at radius 3 is 2.59 bits per heavy atom. The van der Waals surface area contributed by atoms with Crippen molar-refractivity contribution in [3.05, 3.63) is 54.1 Å². The average molecular weight is 406 g/mol. The second-order valence-corrected chi connectivity index (χ2v) is 6.69. The fraction of sp³-hybridized carbons (Fsp3) is 0.300. The Labute approximate surface area is 166 Å². The maximum atomic E-state index is 12.5. The molecule has 1 amide bonds. The summed E-state index contributed by atoms with van der Waals surface area (Å²) >= 11 is 0. The number of halogens is 3. The normalized spacial score (nSPS) is 14.8. The summed E-state index contributed by atoms with van der Waals surface area (Å²) in [5.41, 5.74) is 7.32. The fourth-order valence-electron chi connectivity index (χ4n) is 2.80. The monoisotopic (exact) mass is 406 g/mol. The number of rotatable bonds is 6. The molecule has 154 valence electrons. The third kappa shape index (κ3) is 6.13. The van der Waals surface area contributed by atoms with Gasteiger partial charge in [-0.3, -0.25) is 4.79 Å². The van der Waals surface area contributed by atoms with Gasteiger partial charge < -0.3 is 21.1 Å². The molecular weight excluding hydrogens is 385 g/mol. The topological polar surface area (TPSA) is 88.7 Å². The summed E-state index contributed by atoms with van der Waals surface area (Å²) in [5, 5.41) is 5.50. The molecule has 0 radical (unpaired) electrons. The van der Waals surface area contributed by atoms with E-state index in [0.717, 1.165) is 24.8 Å². The molecule has 0 heterocycles. The van der Waals surface area contributed by atoms with Gasteiger partial charge in [0, 0.05) is 11.6 Å². The van der Waals surface area contributed by atoms with Crippen LogP contribution in [0.15, 0.2) is 53.5 Å². The van der Waals surface area contributed by atoms with Crippen molar-refractivity contribution in [1.82, 2.24) is 0 Å². The van der Waals surface area contributed by atoms with Gasteiger partial charge in [0.15, 0.2) is 11.7 Å². The summed E-state index contributed by atoms with van der Waals surface area (Å²) in [7, 11) is 0. The minimum atomic E-state index is -4.81. The molecule has 0 saturated heterocycles. The number of amides is 1. The number of carbonyl (C=O) groups is 1. The van der Waals surface area contributed by atoms with Gasteiger partial charge in [0.1, 0.15) is 0 Å². The van der Waals surface area contributed by atoms with Crippen LogP contribution in [0.2, 0.25) is 0 Å². The van der Waals surface area contributed by atoms with Crippen molar-refractivity contribution < 1.29 is 22.7 Å². The van der Waals surface area contributed by atoms with E-state index in [1.54, 1.807) is 24.3 Å². The minimum absolute atomic E-state index is 0.0133. The van der Waals surface area contributed by atoms with Crippen molar-refractivity contribution in [2.75, 3.05) is 10.6 Å². The van der Waals surface area contributed by atoms with Gasteiger partial charge in [-0.15, -0.1) is 13.2 Å². The molecule has 2 aromatic carbocycles. The van der Waals surface area contributed by atoms with E-state index in [1.165, 1.54) is 18.2 Å². The van der Waals surface area contributed by atoms with Crippen molar-refractivity contribution in [1.29, 1.82) is 0 Å². The molecule has 0 bridgehead atoms. The molecule has 1 saturated carbocycles. The van der Waals surface area contributed by atoms with Crippen molar-refractivity contribution >= 4 is 23.2 Å². The number of nitrogens with one attached hydrogen (secondary N) is 2. The zero-order chi connectivity index (χ0) is 20.9. The minimum Gasteiger partial charge on any atom is -0.404 e. The molecule has 1 aliphatic carbocycles. The summed E-state index contributed by atoms with van der Waals surface area (Å²) in [4.78, 5) is 16.2. The summed E-state index contributed by atoms with van der Waals surface area (Å²) in [6.07, 6.45) is -1.90. The molecule has 1 fully saturated rings. The van der Waals surface area contributed by atoms with Gasteiger partial charge in [0.25, 0.3) is 0 Å². The van der Waals surface area contributed by atoms with Crippen LogP contribution in [0, 0.1) is 5.92 Å². The van der Waals surface area contributed by atoms with Gasteiger partial charge in [-0.1, -0.05) is 30.7 Å². The van der Waals surface area contributed by atoms with Gasteiger partial charge >= 0.3 is 6.36 Å². The first-order valence-corrected chi connectivity index (χ1v) is 9.12. The van der Waals surface area contributed by atoms with Crippen LogP contribution in [-0.4, -0.2) is 18.2 Å². The largest absolute Gasteiger partial charge is 0.573 e. The Bertz CT molecular complexity index is 895. The standard InChI is InChI=1S/C20H21F3N4O2/c21-20(22,23)29-17-10-2-1-9-16(17)27-19(24)25-12-13-5-3-8-15(11-13)26-18(28)14-6-4-7-14/h1-3,5,8-11,14H,4,6-7,12H2,(H,26,28)(H3,24,25,27). The second kappa shape index (κ2) is 8.85. The summed E-state index contributed by atoms with van der Waals surface area (Å²) in [6.45, 7) is 0.189. The van der Waals surface area contributed by atoms with Crippen LogP contribution in [0.4, 0.5) is 24.5 Å². The third-order valence-electron chi connectivity index (χ3n) is 4.48. The number of anilines is 2. The van der Waals surface area contributed by atoms with Crippen molar-refractivity contribution in [3.63, 3.8) is 0 Å². The molecule has 6 nitrogen and oxygen atoms in total. The predicted molar refractivity (Wildman–Crippen MR) is 104 cm³/mol. The highest BCUT2D eigenvalue weighted by molar-refractivity contribution is 5.94. The maximum Gasteiger partial charge on any atom is 0.573 e. The Hall–Kier alpha value is -3.23. The van der Waals surface area contributed by atoms with E-state index in [0.29, 0.717) is 5.69 Å². The highest BCUT2D eigenvalue weighted by Gasteiger charge is 2.32. The van der Waals surface area contributed by atoms with Crippen LogP contribution in [0.3, 0.4) is 0 Å². The molecule has 2 aromatic rings. The molecule has 9 heteroatoms. The van der Waals surface area contributed by atoms with Gasteiger partial charge in [-0.05, 0) is 42.7 Å². The smallest absolute Gasteiger partial charge is 0.404 e. The SMILES string of the molecule is NC(=NCc1cccc(NC(=O)C2CCC2)c1)Nc1ccccc1OC(F)(F)F. The number of nitrogens with two attached hydrogens (primary N) is 1. The van der Waals surface area contributed by atoms with Crippen LogP contribution in [0.25, 0.3) is 0 Å². The number of nitrogens with zero attached hydrogens (tertiary/aromatic N) is 1. The number of ether oxygens (including phenoxy) is 1. The number of hydrogen-bond acceptors (Lipinski definition) is 3. The van der Waals surface area contributed by atoms with Crippen molar-refractivity contribution in [2.45, 2.75) is 32.2 Å².